The Morgan fingerprint density at radius 3 is 2.55 bits per heavy atom. The van der Waals surface area contributed by atoms with Crippen LogP contribution >= 0.6 is 6.64 Å². The molecule has 18 heteroatoms. The maximum Gasteiger partial charge on any atom is 0.351 e. The number of nitrogens with two attached hydrogens (primary N) is 1. The Hall–Kier alpha value is -3.21. The van der Waals surface area contributed by atoms with Crippen LogP contribution in [-0.2, 0) is 30.6 Å². The number of nitrogens with one attached hydrogen (secondary N) is 1. The van der Waals surface area contributed by atoms with Crippen molar-refractivity contribution in [3.05, 3.63) is 65.0 Å². The third-order valence-corrected chi connectivity index (χ3v) is 9.04. The normalized spacial score (nSPS) is 23.5. The summed E-state index contributed by atoms with van der Waals surface area (Å²) in [4.78, 5) is 27.9. The number of rotatable bonds is 11. The van der Waals surface area contributed by atoms with Crippen molar-refractivity contribution >= 4 is 41.0 Å². The molecule has 11 nitrogen and oxygen atoms in total. The van der Waals surface area contributed by atoms with Crippen LogP contribution in [0.3, 0.4) is 0 Å². The fraction of sp³-hybridized carbons (Fsp3) is 0.423. The number of aromatic nitrogens is 2. The minimum atomic E-state index is -4.81. The Bertz CT molecular complexity index is 1640. The lowest BCUT2D eigenvalue weighted by molar-refractivity contribution is -0.241. The van der Waals surface area contributed by atoms with E-state index in [1.54, 1.807) is 50.2 Å². The van der Waals surface area contributed by atoms with Gasteiger partial charge in [-0.05, 0) is 44.0 Å². The van der Waals surface area contributed by atoms with Gasteiger partial charge in [0.15, 0.2) is 24.0 Å². The van der Waals surface area contributed by atoms with Crippen molar-refractivity contribution in [1.82, 2.24) is 14.6 Å². The number of aliphatic hydroxyl groups excluding tert-OH is 1. The zero-order valence-corrected chi connectivity index (χ0v) is 25.0. The van der Waals surface area contributed by atoms with E-state index in [9.17, 15) is 27.9 Å². The number of fused-ring (bicyclic) bond motifs is 1. The molecule has 4 N–H and O–H groups in total. The van der Waals surface area contributed by atoms with E-state index >= 15 is 8.78 Å². The van der Waals surface area contributed by atoms with Crippen molar-refractivity contribution in [2.75, 3.05) is 12.3 Å². The molecular weight excluding hydrogens is 638 g/mol. The van der Waals surface area contributed by atoms with Crippen molar-refractivity contribution in [2.45, 2.75) is 63.2 Å². The summed E-state index contributed by atoms with van der Waals surface area (Å²) >= 11 is 5.52. The molecule has 1 saturated heterocycles. The van der Waals surface area contributed by atoms with Gasteiger partial charge in [0.25, 0.3) is 6.43 Å². The molecule has 0 aliphatic carbocycles. The van der Waals surface area contributed by atoms with Gasteiger partial charge in [-0.1, -0.05) is 36.4 Å². The summed E-state index contributed by atoms with van der Waals surface area (Å²) in [5.74, 6) is -7.83. The molecule has 5 unspecified atom stereocenters. The summed E-state index contributed by atoms with van der Waals surface area (Å²) in [5.41, 5.74) is -0.194. The van der Waals surface area contributed by atoms with E-state index < -0.39 is 79.0 Å². The molecule has 240 valence electrons. The first-order valence-corrected chi connectivity index (χ1v) is 15.6. The highest BCUT2D eigenvalue weighted by Crippen LogP contribution is 2.55. The first-order chi connectivity index (χ1) is 20.5. The van der Waals surface area contributed by atoms with Crippen LogP contribution in [0.1, 0.15) is 27.0 Å². The number of esters is 1. The van der Waals surface area contributed by atoms with Crippen LogP contribution in [0, 0.1) is 5.82 Å². The third kappa shape index (κ3) is 6.43. The molecule has 2 heterocycles. The first-order valence-electron chi connectivity index (χ1n) is 13.0. The monoisotopic (exact) mass is 666 g/mol. The molecule has 1 fully saturated rings. The number of nitrogen functional groups attached to an aromatic ring is 1. The van der Waals surface area contributed by atoms with Crippen LogP contribution in [-0.4, -0.2) is 63.4 Å². The summed E-state index contributed by atoms with van der Waals surface area (Å²) in [6, 6.07) is 10.3. The van der Waals surface area contributed by atoms with E-state index in [1.165, 1.54) is 13.0 Å². The average Bonchev–Trinajstić information content (AvgIpc) is 3.15. The number of hydrogen-bond donors (Lipinski definition) is 3. The van der Waals surface area contributed by atoms with Crippen molar-refractivity contribution < 1.29 is 50.4 Å². The number of carbonyl (C=O) groups is 1. The summed E-state index contributed by atoms with van der Waals surface area (Å²) in [6.45, 7) is -1.49. The average molecular weight is 667 g/mol. The Morgan fingerprint density at radius 2 is 1.89 bits per heavy atom. The summed E-state index contributed by atoms with van der Waals surface area (Å²) < 4.78 is 95.9. The second kappa shape index (κ2) is 12.7. The Morgan fingerprint density at radius 1 is 1.23 bits per heavy atom. The molecule has 1 aliphatic heterocycles. The topological polar surface area (TPSA) is 147 Å². The van der Waals surface area contributed by atoms with Gasteiger partial charge in [-0.25, -0.2) is 23.1 Å². The van der Waals surface area contributed by atoms with Crippen LogP contribution in [0.25, 0.3) is 10.8 Å². The van der Waals surface area contributed by atoms with Gasteiger partial charge in [0.2, 0.25) is 5.60 Å². The minimum Gasteiger partial charge on any atom is -0.462 e. The van der Waals surface area contributed by atoms with Crippen LogP contribution < -0.4 is 21.0 Å². The van der Waals surface area contributed by atoms with Crippen LogP contribution in [0.15, 0.2) is 53.5 Å². The van der Waals surface area contributed by atoms with Gasteiger partial charge in [0, 0.05) is 5.39 Å². The van der Waals surface area contributed by atoms with Crippen molar-refractivity contribution in [3.8, 4) is 5.75 Å². The van der Waals surface area contributed by atoms with Crippen LogP contribution in [0.5, 0.6) is 5.75 Å². The van der Waals surface area contributed by atoms with Gasteiger partial charge in [-0.15, -0.1) is 0 Å². The molecule has 5 atom stereocenters. The largest absolute Gasteiger partial charge is 0.462 e. The quantitative estimate of drug-likeness (QED) is 0.156. The highest BCUT2D eigenvalue weighted by atomic mass is 32.5. The van der Waals surface area contributed by atoms with Crippen LogP contribution in [0.4, 0.5) is 27.8 Å². The number of aliphatic hydroxyl groups is 1. The van der Waals surface area contributed by atoms with Gasteiger partial charge in [0.05, 0.1) is 18.9 Å². The molecule has 0 saturated carbocycles. The van der Waals surface area contributed by atoms with E-state index in [-0.39, 0.29) is 16.5 Å². The Labute approximate surface area is 252 Å². The molecule has 0 amide bonds. The number of carbonyl (C=O) groups excluding carboxylic acids is 1. The predicted octanol–water partition coefficient (Wildman–Crippen LogP) is 3.90. The fourth-order valence-electron chi connectivity index (χ4n) is 4.33. The van der Waals surface area contributed by atoms with Crippen molar-refractivity contribution in [1.29, 1.82) is 0 Å². The van der Waals surface area contributed by atoms with Gasteiger partial charge < -0.3 is 29.4 Å². The van der Waals surface area contributed by atoms with E-state index in [1.807, 2.05) is 0 Å². The lowest BCUT2D eigenvalue weighted by atomic mass is 9.95. The molecule has 0 spiro atoms. The SMILES string of the molecule is CC(C)OC(=O)C(C)NP(=S)(OCC1(C(F)F)OC(n2cc(F)c(N)nc2=O)C(O)C1(F)F)Oc1cccc2ccccc12. The van der Waals surface area contributed by atoms with Gasteiger partial charge >= 0.3 is 24.2 Å². The molecule has 44 heavy (non-hydrogen) atoms. The number of anilines is 1. The summed E-state index contributed by atoms with van der Waals surface area (Å²) in [6.07, 6.45) is -9.97. The molecule has 0 radical (unpaired) electrons. The van der Waals surface area contributed by atoms with Crippen molar-refractivity contribution in [2.24, 2.45) is 0 Å². The zero-order valence-electron chi connectivity index (χ0n) is 23.3. The second-order valence-corrected chi connectivity index (χ2v) is 13.2. The minimum absolute atomic E-state index is 0.0688. The lowest BCUT2D eigenvalue weighted by Crippen LogP contribution is -2.57. The smallest absolute Gasteiger partial charge is 0.351 e. The molecule has 0 bridgehead atoms. The predicted molar refractivity (Wildman–Crippen MR) is 151 cm³/mol. The maximum atomic E-state index is 15.6. The number of ether oxygens (including phenoxy) is 2. The van der Waals surface area contributed by atoms with E-state index in [0.29, 0.717) is 10.8 Å². The van der Waals surface area contributed by atoms with E-state index in [0.717, 1.165) is 0 Å². The fourth-order valence-corrected chi connectivity index (χ4v) is 6.74. The molecule has 3 aromatic rings. The summed E-state index contributed by atoms with van der Waals surface area (Å²) in [5, 5.41) is 14.1. The number of nitrogens with zero attached hydrogens (tertiary/aromatic N) is 2. The number of halogens is 5. The molecule has 2 aromatic carbocycles. The second-order valence-electron chi connectivity index (χ2n) is 10.1. The molecule has 1 aliphatic rings. The van der Waals surface area contributed by atoms with Gasteiger partial charge in [-0.3, -0.25) is 9.36 Å². The van der Waals surface area contributed by atoms with Gasteiger partial charge in [-0.2, -0.15) is 13.8 Å². The van der Waals surface area contributed by atoms with Crippen LogP contribution in [0.2, 0.25) is 0 Å². The maximum absolute atomic E-state index is 15.6. The molecule has 4 rings (SSSR count). The zero-order chi connectivity index (χ0) is 32.6. The Kier molecular flexibility index (Phi) is 9.68. The van der Waals surface area contributed by atoms with E-state index in [2.05, 4.69) is 10.1 Å². The highest BCUT2D eigenvalue weighted by Gasteiger charge is 2.74. The summed E-state index contributed by atoms with van der Waals surface area (Å²) in [7, 11) is 0. The van der Waals surface area contributed by atoms with Gasteiger partial charge in [0.1, 0.15) is 11.8 Å². The van der Waals surface area contributed by atoms with Crippen molar-refractivity contribution in [3.63, 3.8) is 0 Å². The number of alkyl halides is 4. The lowest BCUT2D eigenvalue weighted by Gasteiger charge is -2.35. The highest BCUT2D eigenvalue weighted by molar-refractivity contribution is 8.09. The number of benzene rings is 2. The molecule has 1 aromatic heterocycles. The van der Waals surface area contributed by atoms with E-state index in [4.69, 9.17) is 36.1 Å². The third-order valence-electron chi connectivity index (χ3n) is 6.57. The standard InChI is InChI=1S/C26H28F5N4O7PS/c1-13(2)40-22(37)14(3)34-43(44,42-18-10-6-8-15-7-4-5-9-16(15)18)39-12-25(23(28)29)26(30,31)19(36)21(41-25)35-11-17(27)20(32)33-24(35)38/h4-11,13-14,19,21,23,36H,12H2,1-3H3,(H,34,44)(H2,32,33,38). The Balaban J connectivity index is 1.72. The first kappa shape index (κ1) is 33.7. The number of hydrogen-bond acceptors (Lipinski definition) is 10. The molecular formula is C26H28F5N4O7PS.